The zero-order chi connectivity index (χ0) is 19.1. The molecule has 3 rings (SSSR count). The van der Waals surface area contributed by atoms with E-state index in [2.05, 4.69) is 15.6 Å². The Labute approximate surface area is 160 Å². The molecular weight excluding hydrogens is 340 g/mol. The smallest absolute Gasteiger partial charge is 0.242 e. The summed E-state index contributed by atoms with van der Waals surface area (Å²) in [6.45, 7) is 2.79. The molecule has 1 atom stereocenters. The molecule has 6 heteroatoms. The van der Waals surface area contributed by atoms with E-state index < -0.39 is 11.4 Å². The highest BCUT2D eigenvalue weighted by Gasteiger charge is 2.38. The van der Waals surface area contributed by atoms with E-state index in [1.165, 1.54) is 0 Å². The monoisotopic (exact) mass is 368 g/mol. The van der Waals surface area contributed by atoms with E-state index in [1.807, 2.05) is 18.2 Å². The van der Waals surface area contributed by atoms with Gasteiger partial charge in [0.05, 0.1) is 0 Å². The van der Waals surface area contributed by atoms with Crippen molar-refractivity contribution in [2.45, 2.75) is 31.2 Å². The summed E-state index contributed by atoms with van der Waals surface area (Å²) in [5.41, 5.74) is 6.47. The van der Waals surface area contributed by atoms with Crippen molar-refractivity contribution in [2.24, 2.45) is 11.7 Å². The average molecular weight is 368 g/mol. The number of primary amides is 1. The number of hydrogen-bond acceptors (Lipinski definition) is 5. The Morgan fingerprint density at radius 3 is 2.67 bits per heavy atom. The first-order chi connectivity index (χ1) is 13.1. The quantitative estimate of drug-likeness (QED) is 0.568. The van der Waals surface area contributed by atoms with Gasteiger partial charge in [0.15, 0.2) is 0 Å². The summed E-state index contributed by atoms with van der Waals surface area (Å²) in [5.74, 6) is 0.317. The molecule has 5 N–H and O–H groups in total. The molecule has 1 saturated heterocycles. The van der Waals surface area contributed by atoms with Crippen LogP contribution in [0.5, 0.6) is 5.75 Å². The van der Waals surface area contributed by atoms with Crippen molar-refractivity contribution >= 4 is 5.91 Å². The maximum Gasteiger partial charge on any atom is 0.242 e. The van der Waals surface area contributed by atoms with Crippen molar-refractivity contribution in [1.29, 1.82) is 0 Å². The molecule has 1 amide bonds. The molecule has 1 aromatic heterocycles. The summed E-state index contributed by atoms with van der Waals surface area (Å²) in [6, 6.07) is 10.6. The highest BCUT2D eigenvalue weighted by atomic mass is 16.3. The predicted molar refractivity (Wildman–Crippen MR) is 105 cm³/mol. The standard InChI is InChI=1S/C21H28N4O2/c22-20(27)21(15-17-6-11-24-12-7-17,18-2-1-3-19(26)14-18)25-13-8-16-4-9-23-10-5-16/h1-3,6-7,11-12,14,16,23,25-26H,4-5,8-10,13,15H2,(H2,22,27). The van der Waals surface area contributed by atoms with E-state index in [1.54, 1.807) is 30.6 Å². The van der Waals surface area contributed by atoms with E-state index in [0.29, 0.717) is 24.4 Å². The van der Waals surface area contributed by atoms with Crippen LogP contribution in [0.4, 0.5) is 0 Å². The van der Waals surface area contributed by atoms with Gasteiger partial charge in [-0.2, -0.15) is 0 Å². The zero-order valence-electron chi connectivity index (χ0n) is 15.5. The van der Waals surface area contributed by atoms with E-state index >= 15 is 0 Å². The number of aromatic nitrogens is 1. The molecule has 1 aromatic carbocycles. The second kappa shape index (κ2) is 8.97. The number of piperidine rings is 1. The first-order valence-corrected chi connectivity index (χ1v) is 9.54. The van der Waals surface area contributed by atoms with Gasteiger partial charge in [-0.05, 0) is 80.2 Å². The lowest BCUT2D eigenvalue weighted by molar-refractivity contribution is -0.124. The third-order valence-electron chi connectivity index (χ3n) is 5.42. The zero-order valence-corrected chi connectivity index (χ0v) is 15.5. The fraction of sp³-hybridized carbons (Fsp3) is 0.429. The number of hydrogen-bond donors (Lipinski definition) is 4. The van der Waals surface area contributed by atoms with Crippen LogP contribution in [0.1, 0.15) is 30.4 Å². The summed E-state index contributed by atoms with van der Waals surface area (Å²) in [4.78, 5) is 16.7. The Bertz CT molecular complexity index is 747. The molecule has 144 valence electrons. The van der Waals surface area contributed by atoms with Crippen LogP contribution in [0.2, 0.25) is 0 Å². The van der Waals surface area contributed by atoms with Gasteiger partial charge in [0.2, 0.25) is 5.91 Å². The first-order valence-electron chi connectivity index (χ1n) is 9.54. The van der Waals surface area contributed by atoms with Gasteiger partial charge in [-0.1, -0.05) is 12.1 Å². The van der Waals surface area contributed by atoms with Gasteiger partial charge < -0.3 is 16.2 Å². The number of nitrogens with two attached hydrogens (primary N) is 1. The Morgan fingerprint density at radius 2 is 2.00 bits per heavy atom. The molecule has 1 aliphatic rings. The second-order valence-electron chi connectivity index (χ2n) is 7.26. The minimum absolute atomic E-state index is 0.119. The summed E-state index contributed by atoms with van der Waals surface area (Å²) in [5, 5.41) is 16.8. The third-order valence-corrected chi connectivity index (χ3v) is 5.42. The van der Waals surface area contributed by atoms with Gasteiger partial charge in [-0.3, -0.25) is 15.1 Å². The summed E-state index contributed by atoms with van der Waals surface area (Å²) in [7, 11) is 0. The maximum absolute atomic E-state index is 12.7. The topological polar surface area (TPSA) is 100 Å². The lowest BCUT2D eigenvalue weighted by atomic mass is 9.82. The average Bonchev–Trinajstić information content (AvgIpc) is 2.68. The lowest BCUT2D eigenvalue weighted by Gasteiger charge is -2.34. The van der Waals surface area contributed by atoms with Gasteiger partial charge >= 0.3 is 0 Å². The maximum atomic E-state index is 12.7. The van der Waals surface area contributed by atoms with Crippen molar-refractivity contribution in [3.63, 3.8) is 0 Å². The van der Waals surface area contributed by atoms with Crippen molar-refractivity contribution < 1.29 is 9.90 Å². The SMILES string of the molecule is NC(=O)C(Cc1ccncc1)(NCCC1CCNCC1)c1cccc(O)c1. The molecule has 0 radical (unpaired) electrons. The number of carbonyl (C=O) groups excluding carboxylic acids is 1. The molecule has 0 aliphatic carbocycles. The number of nitrogens with zero attached hydrogens (tertiary/aromatic N) is 1. The highest BCUT2D eigenvalue weighted by Crippen LogP contribution is 2.29. The van der Waals surface area contributed by atoms with Crippen LogP contribution in [-0.4, -0.2) is 35.6 Å². The minimum Gasteiger partial charge on any atom is -0.508 e. The van der Waals surface area contributed by atoms with Gasteiger partial charge in [-0.25, -0.2) is 0 Å². The fourth-order valence-electron chi connectivity index (χ4n) is 3.82. The van der Waals surface area contributed by atoms with E-state index in [9.17, 15) is 9.90 Å². The molecule has 0 spiro atoms. The van der Waals surface area contributed by atoms with Gasteiger partial charge in [0, 0.05) is 18.8 Å². The molecule has 6 nitrogen and oxygen atoms in total. The molecule has 2 heterocycles. The van der Waals surface area contributed by atoms with Crippen LogP contribution < -0.4 is 16.4 Å². The number of benzene rings is 1. The van der Waals surface area contributed by atoms with Crippen molar-refractivity contribution in [1.82, 2.24) is 15.6 Å². The summed E-state index contributed by atoms with van der Waals surface area (Å²) in [6.07, 6.45) is 7.12. The third kappa shape index (κ3) is 4.84. The van der Waals surface area contributed by atoms with Crippen LogP contribution in [0.15, 0.2) is 48.8 Å². The Balaban J connectivity index is 1.84. The Kier molecular flexibility index (Phi) is 6.42. The van der Waals surface area contributed by atoms with E-state index in [-0.39, 0.29) is 5.75 Å². The largest absolute Gasteiger partial charge is 0.508 e. The normalized spacial score (nSPS) is 17.3. The number of amides is 1. The van der Waals surface area contributed by atoms with Gasteiger partial charge in [0.1, 0.15) is 11.3 Å². The molecule has 0 bridgehead atoms. The molecule has 0 saturated carbocycles. The number of phenolic OH excluding ortho intramolecular Hbond substituents is 1. The molecule has 1 fully saturated rings. The predicted octanol–water partition coefficient (Wildman–Crippen LogP) is 1.69. The Hall–Kier alpha value is -2.44. The van der Waals surface area contributed by atoms with Crippen molar-refractivity contribution in [3.05, 3.63) is 59.9 Å². The molecule has 27 heavy (non-hydrogen) atoms. The highest BCUT2D eigenvalue weighted by molar-refractivity contribution is 5.86. The van der Waals surface area contributed by atoms with Crippen molar-refractivity contribution in [3.8, 4) is 5.75 Å². The van der Waals surface area contributed by atoms with Crippen LogP contribution >= 0.6 is 0 Å². The fourth-order valence-corrected chi connectivity index (χ4v) is 3.82. The lowest BCUT2D eigenvalue weighted by Crippen LogP contribution is -2.54. The van der Waals surface area contributed by atoms with Crippen LogP contribution in [0.25, 0.3) is 0 Å². The summed E-state index contributed by atoms with van der Waals surface area (Å²) >= 11 is 0. The van der Waals surface area contributed by atoms with Gasteiger partial charge in [-0.15, -0.1) is 0 Å². The minimum atomic E-state index is -1.08. The molecule has 1 aliphatic heterocycles. The van der Waals surface area contributed by atoms with Crippen LogP contribution in [0, 0.1) is 5.92 Å². The molecule has 2 aromatic rings. The molecular formula is C21H28N4O2. The van der Waals surface area contributed by atoms with Gasteiger partial charge in [0.25, 0.3) is 0 Å². The van der Waals surface area contributed by atoms with Crippen molar-refractivity contribution in [2.75, 3.05) is 19.6 Å². The number of aromatic hydroxyl groups is 1. The van der Waals surface area contributed by atoms with E-state index in [4.69, 9.17) is 5.73 Å². The number of carbonyl (C=O) groups is 1. The number of nitrogens with one attached hydrogen (secondary N) is 2. The Morgan fingerprint density at radius 1 is 1.26 bits per heavy atom. The number of pyridine rings is 1. The van der Waals surface area contributed by atoms with Crippen LogP contribution in [0.3, 0.4) is 0 Å². The number of rotatable bonds is 8. The second-order valence-corrected chi connectivity index (χ2v) is 7.26. The molecule has 1 unspecified atom stereocenters. The van der Waals surface area contributed by atoms with Crippen LogP contribution in [-0.2, 0) is 16.8 Å². The summed E-state index contributed by atoms with van der Waals surface area (Å²) < 4.78 is 0. The number of phenols is 1. The first kappa shape index (κ1) is 19.3. The van der Waals surface area contributed by atoms with E-state index in [0.717, 1.165) is 37.9 Å².